The number of nitroso groups, excluding NO2 is 1. The SMILES string of the molecule is O.O.O.O.O=NCC(=O)OCP(=O)(O)O. The number of hydrogen-bond donors (Lipinski definition) is 2. The summed E-state index contributed by atoms with van der Waals surface area (Å²) in [4.78, 5) is 35.9. The Hall–Kier alpha value is -0.940. The molecule has 0 heterocycles. The Bertz CT molecular complexity index is 199. The molecule has 0 saturated carbocycles. The Morgan fingerprint density at radius 3 is 1.87 bits per heavy atom. The minimum Gasteiger partial charge on any atom is -0.451 e. The number of rotatable bonds is 4. The van der Waals surface area contributed by atoms with Gasteiger partial charge in [-0.25, -0.2) is 4.79 Å². The highest BCUT2D eigenvalue weighted by atomic mass is 31.2. The summed E-state index contributed by atoms with van der Waals surface area (Å²) >= 11 is 0. The van der Waals surface area contributed by atoms with Gasteiger partial charge in [-0.3, -0.25) is 4.57 Å². The highest BCUT2D eigenvalue weighted by Crippen LogP contribution is 2.33. The molecule has 96 valence electrons. The minimum atomic E-state index is -4.33. The third kappa shape index (κ3) is 24.6. The van der Waals surface area contributed by atoms with Crippen LogP contribution in [-0.4, -0.2) is 50.6 Å². The zero-order valence-corrected chi connectivity index (χ0v) is 8.23. The molecule has 10 N–H and O–H groups in total. The normalized spacial score (nSPS) is 7.87. The molecule has 0 rings (SSSR count). The lowest BCUT2D eigenvalue weighted by Crippen LogP contribution is -2.08. The standard InChI is InChI=1S/C3H6NO6P.4H2O/c5-3(1-4-6)10-2-11(7,8)9;;;;/h1-2H2,(H2,7,8,9);4*1H2. The average molecular weight is 255 g/mol. The lowest BCUT2D eigenvalue weighted by Gasteiger charge is -2.02. The first-order valence-electron chi connectivity index (χ1n) is 2.45. The Kier molecular flexibility index (Phi) is 25.4. The fourth-order valence-electron chi connectivity index (χ4n) is 0.254. The van der Waals surface area contributed by atoms with Gasteiger partial charge in [-0.1, -0.05) is 5.18 Å². The van der Waals surface area contributed by atoms with E-state index in [1.54, 1.807) is 0 Å². The van der Waals surface area contributed by atoms with Gasteiger partial charge in [-0.05, 0) is 0 Å². The van der Waals surface area contributed by atoms with Crippen LogP contribution in [0.15, 0.2) is 5.18 Å². The number of nitrogens with zero attached hydrogens (tertiary/aromatic N) is 1. The van der Waals surface area contributed by atoms with E-state index in [0.717, 1.165) is 0 Å². The fourth-order valence-corrected chi connectivity index (χ4v) is 0.567. The number of carbonyl (C=O) groups excluding carboxylic acids is 1. The van der Waals surface area contributed by atoms with E-state index in [4.69, 9.17) is 9.79 Å². The molecule has 0 aliphatic carbocycles. The van der Waals surface area contributed by atoms with Gasteiger partial charge in [-0.2, -0.15) is 4.91 Å². The number of esters is 1. The lowest BCUT2D eigenvalue weighted by atomic mass is 10.7. The maximum Gasteiger partial charge on any atom is 0.362 e. The summed E-state index contributed by atoms with van der Waals surface area (Å²) < 4.78 is 14.0. The summed E-state index contributed by atoms with van der Waals surface area (Å²) in [6, 6.07) is 0. The van der Waals surface area contributed by atoms with E-state index in [9.17, 15) is 14.3 Å². The Labute approximate surface area is 83.4 Å². The molecular weight excluding hydrogens is 241 g/mol. The predicted molar refractivity (Wildman–Crippen MR) is 48.1 cm³/mol. The number of hydrogen-bond acceptors (Lipinski definition) is 5. The third-order valence-electron chi connectivity index (χ3n) is 0.587. The van der Waals surface area contributed by atoms with E-state index in [0.29, 0.717) is 0 Å². The van der Waals surface area contributed by atoms with Crippen LogP contribution in [0.4, 0.5) is 0 Å². The molecule has 12 heteroatoms. The molecule has 0 amide bonds. The van der Waals surface area contributed by atoms with Gasteiger partial charge in [0.05, 0.1) is 0 Å². The number of carbonyl (C=O) groups is 1. The zero-order chi connectivity index (χ0) is 8.91. The zero-order valence-electron chi connectivity index (χ0n) is 7.34. The second-order valence-electron chi connectivity index (χ2n) is 1.60. The Balaban J connectivity index is -0.0000000833. The van der Waals surface area contributed by atoms with E-state index in [2.05, 4.69) is 9.91 Å². The molecule has 0 unspecified atom stereocenters. The molecule has 15 heavy (non-hydrogen) atoms. The van der Waals surface area contributed by atoms with Crippen LogP contribution in [0.1, 0.15) is 0 Å². The van der Waals surface area contributed by atoms with Crippen molar-refractivity contribution in [3.63, 3.8) is 0 Å². The average Bonchev–Trinajstić information content (AvgIpc) is 1.83. The van der Waals surface area contributed by atoms with Crippen molar-refractivity contribution in [1.29, 1.82) is 0 Å². The summed E-state index contributed by atoms with van der Waals surface area (Å²) in [5, 5.41) is 2.16. The molecule has 0 aromatic heterocycles. The van der Waals surface area contributed by atoms with Crippen molar-refractivity contribution in [2.75, 3.05) is 12.9 Å². The molecule has 0 aromatic carbocycles. The summed E-state index contributed by atoms with van der Waals surface area (Å²) in [6.07, 6.45) is -1.01. The Morgan fingerprint density at radius 2 is 1.60 bits per heavy atom. The highest BCUT2D eigenvalue weighted by Gasteiger charge is 2.15. The highest BCUT2D eigenvalue weighted by molar-refractivity contribution is 7.51. The van der Waals surface area contributed by atoms with Crippen molar-refractivity contribution in [2.45, 2.75) is 0 Å². The van der Waals surface area contributed by atoms with Crippen LogP contribution in [0.25, 0.3) is 0 Å². The minimum absolute atomic E-state index is 0. The van der Waals surface area contributed by atoms with Crippen LogP contribution in [-0.2, 0) is 14.1 Å². The van der Waals surface area contributed by atoms with Crippen molar-refractivity contribution in [3.8, 4) is 0 Å². The Morgan fingerprint density at radius 1 is 1.20 bits per heavy atom. The third-order valence-corrected chi connectivity index (χ3v) is 1.05. The molecule has 0 fully saturated rings. The second kappa shape index (κ2) is 13.1. The quantitative estimate of drug-likeness (QED) is 0.288. The van der Waals surface area contributed by atoms with Gasteiger partial charge < -0.3 is 36.4 Å². The monoisotopic (exact) mass is 255 g/mol. The largest absolute Gasteiger partial charge is 0.451 e. The molecule has 0 saturated heterocycles. The van der Waals surface area contributed by atoms with Crippen LogP contribution in [0.2, 0.25) is 0 Å². The molecule has 0 aliphatic rings. The first kappa shape index (κ1) is 29.2. The molecule has 11 nitrogen and oxygen atoms in total. The van der Waals surface area contributed by atoms with Crippen molar-refractivity contribution >= 4 is 13.6 Å². The van der Waals surface area contributed by atoms with E-state index in [1.807, 2.05) is 0 Å². The molecule has 0 bridgehead atoms. The predicted octanol–water partition coefficient (Wildman–Crippen LogP) is -3.87. The van der Waals surface area contributed by atoms with E-state index in [-0.39, 0.29) is 21.9 Å². The summed E-state index contributed by atoms with van der Waals surface area (Å²) in [5.41, 5.74) is 0. The second-order valence-corrected chi connectivity index (χ2v) is 3.18. The van der Waals surface area contributed by atoms with Crippen LogP contribution in [0.3, 0.4) is 0 Å². The first-order valence-corrected chi connectivity index (χ1v) is 4.25. The van der Waals surface area contributed by atoms with Gasteiger partial charge in [0, 0.05) is 0 Å². The van der Waals surface area contributed by atoms with Crippen molar-refractivity contribution in [3.05, 3.63) is 4.91 Å². The maximum absolute atomic E-state index is 10.2. The molecule has 0 aliphatic heterocycles. The molecule has 0 aromatic rings. The molecule has 0 spiro atoms. The van der Waals surface area contributed by atoms with Gasteiger partial charge in [0.15, 0.2) is 12.9 Å². The van der Waals surface area contributed by atoms with Gasteiger partial charge in [0.1, 0.15) is 0 Å². The van der Waals surface area contributed by atoms with Crippen LogP contribution in [0, 0.1) is 4.91 Å². The van der Waals surface area contributed by atoms with Crippen LogP contribution in [0.5, 0.6) is 0 Å². The van der Waals surface area contributed by atoms with Gasteiger partial charge in [0.2, 0.25) is 0 Å². The van der Waals surface area contributed by atoms with E-state index >= 15 is 0 Å². The lowest BCUT2D eigenvalue weighted by molar-refractivity contribution is -0.140. The maximum atomic E-state index is 10.2. The van der Waals surface area contributed by atoms with E-state index in [1.165, 1.54) is 0 Å². The summed E-state index contributed by atoms with van der Waals surface area (Å²) in [6.45, 7) is -0.736. The summed E-state index contributed by atoms with van der Waals surface area (Å²) in [7, 11) is -4.33. The molecular formula is C3H14NO10P. The van der Waals surface area contributed by atoms with Gasteiger partial charge in [-0.15, -0.1) is 0 Å². The van der Waals surface area contributed by atoms with Crippen LogP contribution >= 0.6 is 7.60 Å². The van der Waals surface area contributed by atoms with Crippen molar-refractivity contribution in [1.82, 2.24) is 0 Å². The van der Waals surface area contributed by atoms with Crippen LogP contribution < -0.4 is 0 Å². The number of ether oxygens (including phenoxy) is 1. The fraction of sp³-hybridized carbons (Fsp3) is 0.667. The van der Waals surface area contributed by atoms with Gasteiger partial charge >= 0.3 is 13.6 Å². The smallest absolute Gasteiger partial charge is 0.362 e. The molecule has 0 atom stereocenters. The molecule has 0 radical (unpaired) electrons. The van der Waals surface area contributed by atoms with E-state index < -0.39 is 26.5 Å². The topological polar surface area (TPSA) is 239 Å². The van der Waals surface area contributed by atoms with Gasteiger partial charge in [0.25, 0.3) is 0 Å². The summed E-state index contributed by atoms with van der Waals surface area (Å²) in [5.74, 6) is -1.05. The van der Waals surface area contributed by atoms with Crippen molar-refractivity contribution in [2.24, 2.45) is 5.18 Å². The first-order chi connectivity index (χ1) is 4.95. The van der Waals surface area contributed by atoms with Crippen molar-refractivity contribution < 1.29 is 45.8 Å².